The largest absolute Gasteiger partial charge is 0.378 e. The van der Waals surface area contributed by atoms with E-state index in [-0.39, 0.29) is 5.91 Å². The predicted molar refractivity (Wildman–Crippen MR) is 89.8 cm³/mol. The first-order valence-electron chi connectivity index (χ1n) is 7.49. The van der Waals surface area contributed by atoms with E-state index >= 15 is 0 Å². The molecule has 6 heteroatoms. The van der Waals surface area contributed by atoms with Crippen LogP contribution in [0.2, 0.25) is 0 Å². The van der Waals surface area contributed by atoms with Crippen molar-refractivity contribution in [1.82, 2.24) is 9.88 Å². The predicted octanol–water partition coefficient (Wildman–Crippen LogP) is 2.21. The summed E-state index contributed by atoms with van der Waals surface area (Å²) in [7, 11) is 1.93. The fourth-order valence-electron chi connectivity index (χ4n) is 2.59. The highest BCUT2D eigenvalue weighted by molar-refractivity contribution is 7.22. The molecule has 0 N–H and O–H groups in total. The Labute approximate surface area is 134 Å². The minimum absolute atomic E-state index is 0.138. The van der Waals surface area contributed by atoms with Gasteiger partial charge in [-0.25, -0.2) is 4.98 Å². The molecule has 0 atom stereocenters. The molecule has 0 saturated carbocycles. The molecule has 1 aliphatic rings. The fourth-order valence-corrected chi connectivity index (χ4v) is 3.67. The molecule has 1 aromatic heterocycles. The number of ether oxygens (including phenoxy) is 1. The van der Waals surface area contributed by atoms with Crippen LogP contribution in [0.15, 0.2) is 12.1 Å². The lowest BCUT2D eigenvalue weighted by molar-refractivity contribution is -0.133. The Morgan fingerprint density at radius 2 is 2.00 bits per heavy atom. The van der Waals surface area contributed by atoms with Crippen molar-refractivity contribution < 1.29 is 9.53 Å². The van der Waals surface area contributed by atoms with E-state index in [4.69, 9.17) is 9.72 Å². The van der Waals surface area contributed by atoms with Crippen LogP contribution in [0, 0.1) is 13.8 Å². The maximum absolute atomic E-state index is 12.3. The fraction of sp³-hybridized carbons (Fsp3) is 0.500. The van der Waals surface area contributed by atoms with Crippen molar-refractivity contribution in [3.8, 4) is 0 Å². The number of nitrogens with zero attached hydrogens (tertiary/aromatic N) is 3. The number of likely N-dealkylation sites (N-methyl/N-ethyl adjacent to an activating group) is 1. The van der Waals surface area contributed by atoms with Crippen LogP contribution in [0.5, 0.6) is 0 Å². The molecule has 2 aromatic rings. The standard InChI is InChI=1S/C16H21N3O2S/c1-11-4-5-12(2)15-14(11)17-16(22-15)18(3)10-13(20)19-6-8-21-9-7-19/h4-5H,6-10H2,1-3H3. The molecule has 118 valence electrons. The quantitative estimate of drug-likeness (QED) is 0.870. The van der Waals surface area contributed by atoms with Gasteiger partial charge in [0.1, 0.15) is 0 Å². The number of amides is 1. The average Bonchev–Trinajstić information content (AvgIpc) is 2.98. The first kappa shape index (κ1) is 15.2. The summed E-state index contributed by atoms with van der Waals surface area (Å²) in [5, 5.41) is 0.897. The summed E-state index contributed by atoms with van der Waals surface area (Å²) >= 11 is 1.65. The summed E-state index contributed by atoms with van der Waals surface area (Å²) in [5.74, 6) is 0.138. The van der Waals surface area contributed by atoms with E-state index in [0.29, 0.717) is 32.8 Å². The molecule has 0 radical (unpaired) electrons. The van der Waals surface area contributed by atoms with Crippen LogP contribution in [0.4, 0.5) is 5.13 Å². The monoisotopic (exact) mass is 319 g/mol. The first-order valence-corrected chi connectivity index (χ1v) is 8.31. The summed E-state index contributed by atoms with van der Waals surface area (Å²) < 4.78 is 6.50. The third-order valence-corrected chi connectivity index (χ3v) is 5.30. The molecule has 0 unspecified atom stereocenters. The molecule has 1 amide bonds. The Kier molecular flexibility index (Phi) is 4.31. The zero-order valence-corrected chi connectivity index (χ0v) is 14.1. The maximum atomic E-state index is 12.3. The lowest BCUT2D eigenvalue weighted by atomic mass is 10.1. The molecule has 0 bridgehead atoms. The molecular weight excluding hydrogens is 298 g/mol. The molecular formula is C16H21N3O2S. The van der Waals surface area contributed by atoms with Gasteiger partial charge in [-0.15, -0.1) is 0 Å². The third-order valence-electron chi connectivity index (χ3n) is 3.99. The van der Waals surface area contributed by atoms with Crippen LogP contribution in [0.25, 0.3) is 10.2 Å². The summed E-state index contributed by atoms with van der Waals surface area (Å²) in [4.78, 5) is 20.9. The van der Waals surface area contributed by atoms with Gasteiger partial charge >= 0.3 is 0 Å². The number of carbonyl (C=O) groups is 1. The van der Waals surface area contributed by atoms with Gasteiger partial charge in [0.2, 0.25) is 5.91 Å². The van der Waals surface area contributed by atoms with Crippen molar-refractivity contribution in [2.75, 3.05) is 44.8 Å². The lowest BCUT2D eigenvalue weighted by Crippen LogP contribution is -2.45. The van der Waals surface area contributed by atoms with Gasteiger partial charge < -0.3 is 14.5 Å². The number of benzene rings is 1. The molecule has 1 fully saturated rings. The number of hydrogen-bond donors (Lipinski definition) is 0. The van der Waals surface area contributed by atoms with Gasteiger partial charge in [-0.3, -0.25) is 4.79 Å². The number of anilines is 1. The molecule has 1 aliphatic heterocycles. The van der Waals surface area contributed by atoms with E-state index in [1.807, 2.05) is 16.8 Å². The van der Waals surface area contributed by atoms with Gasteiger partial charge in [0.05, 0.1) is 30.0 Å². The molecule has 22 heavy (non-hydrogen) atoms. The molecule has 1 saturated heterocycles. The van der Waals surface area contributed by atoms with Crippen LogP contribution in [0.1, 0.15) is 11.1 Å². The van der Waals surface area contributed by atoms with Crippen LogP contribution >= 0.6 is 11.3 Å². The molecule has 0 spiro atoms. The minimum Gasteiger partial charge on any atom is -0.378 e. The van der Waals surface area contributed by atoms with Crippen molar-refractivity contribution in [2.24, 2.45) is 0 Å². The van der Waals surface area contributed by atoms with Crippen LogP contribution in [-0.4, -0.2) is 55.7 Å². The van der Waals surface area contributed by atoms with E-state index in [1.165, 1.54) is 15.8 Å². The van der Waals surface area contributed by atoms with Gasteiger partial charge in [-0.1, -0.05) is 23.5 Å². The first-order chi connectivity index (χ1) is 10.6. The van der Waals surface area contributed by atoms with Gasteiger partial charge in [0, 0.05) is 20.1 Å². The van der Waals surface area contributed by atoms with E-state index < -0.39 is 0 Å². The Bertz CT molecular complexity index is 653. The highest BCUT2D eigenvalue weighted by atomic mass is 32.1. The average molecular weight is 319 g/mol. The van der Waals surface area contributed by atoms with Crippen molar-refractivity contribution in [3.63, 3.8) is 0 Å². The lowest BCUT2D eigenvalue weighted by Gasteiger charge is -2.28. The summed E-state index contributed by atoms with van der Waals surface area (Å²) in [6, 6.07) is 4.22. The summed E-state index contributed by atoms with van der Waals surface area (Å²) in [6.45, 7) is 7.17. The highest BCUT2D eigenvalue weighted by Gasteiger charge is 2.20. The molecule has 5 nitrogen and oxygen atoms in total. The molecule has 1 aromatic carbocycles. The number of morpholine rings is 1. The van der Waals surface area contributed by atoms with Crippen molar-refractivity contribution in [3.05, 3.63) is 23.3 Å². The van der Waals surface area contributed by atoms with Crippen LogP contribution in [0.3, 0.4) is 0 Å². The number of rotatable bonds is 3. The number of fused-ring (bicyclic) bond motifs is 1. The van der Waals surface area contributed by atoms with Crippen molar-refractivity contribution in [1.29, 1.82) is 0 Å². The van der Waals surface area contributed by atoms with Crippen molar-refractivity contribution in [2.45, 2.75) is 13.8 Å². The highest BCUT2D eigenvalue weighted by Crippen LogP contribution is 2.32. The number of hydrogen-bond acceptors (Lipinski definition) is 5. The summed E-state index contributed by atoms with van der Waals surface area (Å²) in [6.07, 6.45) is 0. The molecule has 0 aliphatic carbocycles. The topological polar surface area (TPSA) is 45.7 Å². The van der Waals surface area contributed by atoms with Gasteiger partial charge in [0.25, 0.3) is 0 Å². The Morgan fingerprint density at radius 1 is 1.32 bits per heavy atom. The second-order valence-corrected chi connectivity index (χ2v) is 6.70. The zero-order valence-electron chi connectivity index (χ0n) is 13.3. The Hall–Kier alpha value is -1.66. The van der Waals surface area contributed by atoms with E-state index in [9.17, 15) is 4.79 Å². The second-order valence-electron chi connectivity index (χ2n) is 5.72. The van der Waals surface area contributed by atoms with Gasteiger partial charge in [-0.05, 0) is 25.0 Å². The number of aryl methyl sites for hydroxylation is 2. The summed E-state index contributed by atoms with van der Waals surface area (Å²) in [5.41, 5.74) is 3.46. The second kappa shape index (κ2) is 6.22. The van der Waals surface area contributed by atoms with Crippen molar-refractivity contribution >= 4 is 32.6 Å². The van der Waals surface area contributed by atoms with Crippen LogP contribution < -0.4 is 4.90 Å². The zero-order chi connectivity index (χ0) is 15.7. The van der Waals surface area contributed by atoms with E-state index in [0.717, 1.165) is 10.6 Å². The number of carbonyl (C=O) groups excluding carboxylic acids is 1. The Balaban J connectivity index is 1.77. The van der Waals surface area contributed by atoms with Gasteiger partial charge in [-0.2, -0.15) is 0 Å². The smallest absolute Gasteiger partial charge is 0.242 e. The van der Waals surface area contributed by atoms with Gasteiger partial charge in [0.15, 0.2) is 5.13 Å². The van der Waals surface area contributed by atoms with E-state index in [1.54, 1.807) is 11.3 Å². The SMILES string of the molecule is Cc1ccc(C)c2sc(N(C)CC(=O)N3CCOCC3)nc12. The third kappa shape index (κ3) is 2.94. The van der Waals surface area contributed by atoms with E-state index in [2.05, 4.69) is 26.0 Å². The number of aromatic nitrogens is 1. The minimum atomic E-state index is 0.138. The van der Waals surface area contributed by atoms with Crippen LogP contribution in [-0.2, 0) is 9.53 Å². The molecule has 3 rings (SSSR count). The maximum Gasteiger partial charge on any atom is 0.242 e. The number of thiazole rings is 1. The molecule has 2 heterocycles. The normalized spacial score (nSPS) is 15.3. The Morgan fingerprint density at radius 3 is 2.68 bits per heavy atom.